The third-order valence-corrected chi connectivity index (χ3v) is 2.59. The van der Waals surface area contributed by atoms with Crippen LogP contribution in [0.4, 0.5) is 17.6 Å². The van der Waals surface area contributed by atoms with Gasteiger partial charge in [0, 0.05) is 5.33 Å². The van der Waals surface area contributed by atoms with Crippen molar-refractivity contribution >= 4 is 27.5 Å². The highest BCUT2D eigenvalue weighted by Crippen LogP contribution is 2.37. The molecule has 0 saturated heterocycles. The molecule has 0 amide bonds. The van der Waals surface area contributed by atoms with E-state index < -0.39 is 22.6 Å². The van der Waals surface area contributed by atoms with Crippen molar-refractivity contribution in [1.29, 1.82) is 0 Å². The summed E-state index contributed by atoms with van der Waals surface area (Å²) < 4.78 is 49.7. The van der Waals surface area contributed by atoms with Crippen molar-refractivity contribution in [1.82, 2.24) is 0 Å². The molecule has 0 nitrogen and oxygen atoms in total. The second-order valence-electron chi connectivity index (χ2n) is 2.53. The molecule has 0 bridgehead atoms. The van der Waals surface area contributed by atoms with Gasteiger partial charge in [-0.2, -0.15) is 13.2 Å². The maximum atomic E-state index is 13.1. The monoisotopic (exact) mass is 290 g/mol. The lowest BCUT2D eigenvalue weighted by Crippen LogP contribution is -2.07. The number of hydrogen-bond acceptors (Lipinski definition) is 0. The van der Waals surface area contributed by atoms with Crippen LogP contribution in [0.5, 0.6) is 0 Å². The van der Waals surface area contributed by atoms with Crippen LogP contribution in [-0.2, 0) is 11.5 Å². The molecule has 0 unspecified atom stereocenters. The van der Waals surface area contributed by atoms with E-state index in [0.717, 1.165) is 12.1 Å². The van der Waals surface area contributed by atoms with E-state index in [9.17, 15) is 17.6 Å². The second kappa shape index (κ2) is 4.06. The highest BCUT2D eigenvalue weighted by molar-refractivity contribution is 9.08. The van der Waals surface area contributed by atoms with Crippen molar-refractivity contribution < 1.29 is 17.6 Å². The van der Waals surface area contributed by atoms with Gasteiger partial charge in [0.2, 0.25) is 0 Å². The molecule has 1 aromatic carbocycles. The van der Waals surface area contributed by atoms with Crippen LogP contribution in [0, 0.1) is 5.82 Å². The Morgan fingerprint density at radius 2 is 1.86 bits per heavy atom. The molecule has 0 saturated carbocycles. The zero-order chi connectivity index (χ0) is 10.9. The van der Waals surface area contributed by atoms with Crippen LogP contribution < -0.4 is 0 Å². The van der Waals surface area contributed by atoms with Gasteiger partial charge in [0.05, 0.1) is 10.6 Å². The number of hydrogen-bond donors (Lipinski definition) is 0. The molecule has 78 valence electrons. The Morgan fingerprint density at radius 1 is 1.29 bits per heavy atom. The summed E-state index contributed by atoms with van der Waals surface area (Å²) in [5, 5.41) is -0.758. The van der Waals surface area contributed by atoms with E-state index in [1.807, 2.05) is 0 Å². The molecule has 0 aliphatic rings. The van der Waals surface area contributed by atoms with Crippen LogP contribution in [0.1, 0.15) is 11.1 Å². The van der Waals surface area contributed by atoms with Crippen LogP contribution in [0.2, 0.25) is 5.02 Å². The third kappa shape index (κ3) is 2.20. The number of alkyl halides is 4. The molecule has 1 rings (SSSR count). The van der Waals surface area contributed by atoms with E-state index in [0.29, 0.717) is 0 Å². The molecule has 1 aromatic rings. The Hall–Kier alpha value is -0.290. The molecular formula is C8H4BrClF4. The lowest BCUT2D eigenvalue weighted by atomic mass is 10.1. The highest BCUT2D eigenvalue weighted by atomic mass is 79.9. The second-order valence-corrected chi connectivity index (χ2v) is 3.47. The smallest absolute Gasteiger partial charge is 0.205 e. The fraction of sp³-hybridized carbons (Fsp3) is 0.250. The summed E-state index contributed by atoms with van der Waals surface area (Å²) in [6.07, 6.45) is -4.62. The van der Waals surface area contributed by atoms with Gasteiger partial charge >= 0.3 is 6.18 Å². The largest absolute Gasteiger partial charge is 0.417 e. The van der Waals surface area contributed by atoms with Gasteiger partial charge in [-0.15, -0.1) is 0 Å². The summed E-state index contributed by atoms with van der Waals surface area (Å²) in [7, 11) is 0. The van der Waals surface area contributed by atoms with Crippen molar-refractivity contribution in [3.05, 3.63) is 34.1 Å². The van der Waals surface area contributed by atoms with E-state index in [2.05, 4.69) is 15.9 Å². The maximum absolute atomic E-state index is 13.1. The van der Waals surface area contributed by atoms with Crippen LogP contribution in [-0.4, -0.2) is 0 Å². The molecular weight excluding hydrogens is 287 g/mol. The van der Waals surface area contributed by atoms with Crippen LogP contribution in [0.15, 0.2) is 12.1 Å². The fourth-order valence-corrected chi connectivity index (χ4v) is 1.64. The summed E-state index contributed by atoms with van der Waals surface area (Å²) in [5.74, 6) is -1.03. The molecule has 0 N–H and O–H groups in total. The van der Waals surface area contributed by atoms with Crippen molar-refractivity contribution in [2.75, 3.05) is 0 Å². The van der Waals surface area contributed by atoms with Gasteiger partial charge in [-0.25, -0.2) is 4.39 Å². The number of benzene rings is 1. The predicted molar refractivity (Wildman–Crippen MR) is 49.0 cm³/mol. The standard InChI is InChI=1S/C8H4BrClF4/c9-3-4-1-2-5(8(12,13)14)6(10)7(4)11/h1-2H,3H2. The lowest BCUT2D eigenvalue weighted by Gasteiger charge is -2.10. The fourth-order valence-electron chi connectivity index (χ4n) is 0.912. The molecule has 0 fully saturated rings. The number of rotatable bonds is 1. The minimum Gasteiger partial charge on any atom is -0.205 e. The van der Waals surface area contributed by atoms with E-state index >= 15 is 0 Å². The highest BCUT2D eigenvalue weighted by Gasteiger charge is 2.34. The molecule has 0 aromatic heterocycles. The Bertz CT molecular complexity index is 348. The maximum Gasteiger partial charge on any atom is 0.417 e. The van der Waals surface area contributed by atoms with E-state index in [-0.39, 0.29) is 10.9 Å². The molecule has 6 heteroatoms. The lowest BCUT2D eigenvalue weighted by molar-refractivity contribution is -0.137. The first-order chi connectivity index (χ1) is 6.38. The van der Waals surface area contributed by atoms with Gasteiger partial charge in [-0.3, -0.25) is 0 Å². The molecule has 0 aliphatic heterocycles. The Labute approximate surface area is 91.0 Å². The summed E-state index contributed by atoms with van der Waals surface area (Å²) in [6.45, 7) is 0. The summed E-state index contributed by atoms with van der Waals surface area (Å²) >= 11 is 8.18. The van der Waals surface area contributed by atoms with Crippen molar-refractivity contribution in [2.45, 2.75) is 11.5 Å². The van der Waals surface area contributed by atoms with Gasteiger partial charge < -0.3 is 0 Å². The summed E-state index contributed by atoms with van der Waals surface area (Å²) in [6, 6.07) is 1.82. The minimum absolute atomic E-state index is 0.100. The summed E-state index contributed by atoms with van der Waals surface area (Å²) in [5.41, 5.74) is -1.05. The van der Waals surface area contributed by atoms with Crippen molar-refractivity contribution in [2.24, 2.45) is 0 Å². The topological polar surface area (TPSA) is 0 Å². The van der Waals surface area contributed by atoms with E-state index in [4.69, 9.17) is 11.6 Å². The first-order valence-corrected chi connectivity index (χ1v) is 4.98. The summed E-state index contributed by atoms with van der Waals surface area (Å²) in [4.78, 5) is 0. The Balaban J connectivity index is 3.31. The predicted octanol–water partition coefficient (Wildman–Crippen LogP) is 4.39. The first kappa shape index (κ1) is 11.8. The van der Waals surface area contributed by atoms with Gasteiger partial charge in [0.15, 0.2) is 0 Å². The molecule has 0 aliphatic carbocycles. The van der Waals surface area contributed by atoms with Crippen LogP contribution in [0.3, 0.4) is 0 Å². The minimum atomic E-state index is -4.62. The quantitative estimate of drug-likeness (QED) is 0.531. The third-order valence-electron chi connectivity index (χ3n) is 1.61. The van der Waals surface area contributed by atoms with E-state index in [1.54, 1.807) is 0 Å². The zero-order valence-electron chi connectivity index (χ0n) is 6.63. The zero-order valence-corrected chi connectivity index (χ0v) is 8.97. The average molecular weight is 291 g/mol. The van der Waals surface area contributed by atoms with Gasteiger partial charge in [-0.05, 0) is 11.6 Å². The molecule has 0 spiro atoms. The van der Waals surface area contributed by atoms with Gasteiger partial charge in [0.25, 0.3) is 0 Å². The first-order valence-electron chi connectivity index (χ1n) is 3.48. The molecule has 0 heterocycles. The number of halogens is 6. The average Bonchev–Trinajstić information content (AvgIpc) is 2.07. The van der Waals surface area contributed by atoms with Crippen LogP contribution in [0.25, 0.3) is 0 Å². The SMILES string of the molecule is Fc1c(CBr)ccc(C(F)(F)F)c1Cl. The molecule has 14 heavy (non-hydrogen) atoms. The van der Waals surface area contributed by atoms with Gasteiger partial charge in [0.1, 0.15) is 5.82 Å². The van der Waals surface area contributed by atoms with Gasteiger partial charge in [-0.1, -0.05) is 33.6 Å². The van der Waals surface area contributed by atoms with Crippen LogP contribution >= 0.6 is 27.5 Å². The van der Waals surface area contributed by atoms with Crippen molar-refractivity contribution in [3.8, 4) is 0 Å². The molecule has 0 atom stereocenters. The Kier molecular flexibility index (Phi) is 3.42. The van der Waals surface area contributed by atoms with Crippen molar-refractivity contribution in [3.63, 3.8) is 0 Å². The molecule has 0 radical (unpaired) electrons. The normalized spacial score (nSPS) is 11.9. The van der Waals surface area contributed by atoms with E-state index in [1.165, 1.54) is 0 Å². The Morgan fingerprint density at radius 3 is 2.29 bits per heavy atom.